The minimum atomic E-state index is -5.36. The number of carbonyl (C=O) groups is 1. The van der Waals surface area contributed by atoms with Crippen molar-refractivity contribution in [2.75, 3.05) is 0 Å². The Labute approximate surface area is 106 Å². The number of hydrogen-bond donors (Lipinski definition) is 0. The average Bonchev–Trinajstić information content (AvgIpc) is 2.25. The minimum Gasteiger partial charge on any atom is -0.284 e. The lowest BCUT2D eigenvalue weighted by Gasteiger charge is -2.06. The van der Waals surface area contributed by atoms with Gasteiger partial charge in [0.25, 0.3) is 17.2 Å². The molecule has 0 N–H and O–H groups in total. The number of hydrogen-bond acceptors (Lipinski definition) is 5. The first-order chi connectivity index (χ1) is 8.55. The predicted octanol–water partition coefficient (Wildman–Crippen LogP) is 2.90. The van der Waals surface area contributed by atoms with E-state index in [-0.39, 0.29) is 12.1 Å². The Morgan fingerprint density at radius 3 is 1.95 bits per heavy atom. The molecule has 0 fully saturated rings. The van der Waals surface area contributed by atoms with Gasteiger partial charge in [0.2, 0.25) is 0 Å². The molecule has 11 heteroatoms. The number of Topliss-reactive ketones (excluding diaryl/α,β-unsaturated/α-hetero) is 1. The van der Waals surface area contributed by atoms with Crippen molar-refractivity contribution in [2.45, 2.75) is 6.18 Å². The van der Waals surface area contributed by atoms with E-state index in [1.807, 2.05) is 0 Å². The number of alkyl halides is 3. The molecular weight excluding hydrogens is 297 g/mol. The van der Waals surface area contributed by atoms with Gasteiger partial charge in [-0.3, -0.25) is 25.0 Å². The second-order valence-corrected chi connectivity index (χ2v) is 3.57. The third-order valence-corrected chi connectivity index (χ3v) is 2.26. The van der Waals surface area contributed by atoms with E-state index >= 15 is 0 Å². The van der Waals surface area contributed by atoms with E-state index in [2.05, 4.69) is 0 Å². The average molecular weight is 299 g/mol. The van der Waals surface area contributed by atoms with Gasteiger partial charge in [-0.15, -0.1) is 0 Å². The van der Waals surface area contributed by atoms with E-state index in [4.69, 9.17) is 11.6 Å². The van der Waals surface area contributed by atoms with Gasteiger partial charge >= 0.3 is 6.18 Å². The molecule has 1 rings (SSSR count). The van der Waals surface area contributed by atoms with Crippen molar-refractivity contribution >= 4 is 28.8 Å². The number of rotatable bonds is 3. The minimum absolute atomic E-state index is 0.210. The van der Waals surface area contributed by atoms with Crippen LogP contribution in [0.1, 0.15) is 10.4 Å². The van der Waals surface area contributed by atoms with Gasteiger partial charge < -0.3 is 0 Å². The summed E-state index contributed by atoms with van der Waals surface area (Å²) in [6.45, 7) is 0. The quantitative estimate of drug-likeness (QED) is 0.485. The normalized spacial score (nSPS) is 11.2. The molecule has 0 aliphatic rings. The van der Waals surface area contributed by atoms with Crippen LogP contribution in [0.5, 0.6) is 0 Å². The Morgan fingerprint density at radius 1 is 1.11 bits per heavy atom. The summed E-state index contributed by atoms with van der Waals surface area (Å²) < 4.78 is 36.7. The van der Waals surface area contributed by atoms with Gasteiger partial charge in [0, 0.05) is 0 Å². The van der Waals surface area contributed by atoms with Gasteiger partial charge in [-0.1, -0.05) is 11.6 Å². The van der Waals surface area contributed by atoms with Crippen LogP contribution in [-0.4, -0.2) is 21.8 Å². The van der Waals surface area contributed by atoms with Gasteiger partial charge in [-0.2, -0.15) is 13.2 Å². The van der Waals surface area contributed by atoms with E-state index in [0.29, 0.717) is 0 Å². The number of nitro benzene ring substituents is 2. The van der Waals surface area contributed by atoms with Gasteiger partial charge in [0.15, 0.2) is 0 Å². The third-order valence-electron chi connectivity index (χ3n) is 1.96. The lowest BCUT2D eigenvalue weighted by atomic mass is 10.1. The number of halogens is 4. The van der Waals surface area contributed by atoms with Crippen molar-refractivity contribution in [1.29, 1.82) is 0 Å². The molecule has 0 aliphatic carbocycles. The van der Waals surface area contributed by atoms with Crippen LogP contribution in [0.2, 0.25) is 5.02 Å². The Hall–Kier alpha value is -2.23. The number of benzene rings is 1. The maximum atomic E-state index is 12.2. The summed E-state index contributed by atoms with van der Waals surface area (Å²) in [7, 11) is 0. The summed E-state index contributed by atoms with van der Waals surface area (Å²) in [5, 5.41) is 20.2. The molecule has 0 unspecified atom stereocenters. The molecule has 0 amide bonds. The number of nitro groups is 2. The molecule has 102 valence electrons. The maximum Gasteiger partial charge on any atom is 0.455 e. The molecule has 0 aliphatic heterocycles. The Balaban J connectivity index is 3.57. The predicted molar refractivity (Wildman–Crippen MR) is 55.1 cm³/mol. The Kier molecular flexibility index (Phi) is 3.75. The fraction of sp³-hybridized carbons (Fsp3) is 0.125. The van der Waals surface area contributed by atoms with E-state index in [9.17, 15) is 38.2 Å². The molecule has 0 spiro atoms. The summed E-state index contributed by atoms with van der Waals surface area (Å²) in [5.74, 6) is -2.50. The summed E-state index contributed by atoms with van der Waals surface area (Å²) in [4.78, 5) is 29.5. The molecule has 0 aromatic heterocycles. The van der Waals surface area contributed by atoms with Gasteiger partial charge in [-0.05, 0) is 6.07 Å². The zero-order valence-electron chi connectivity index (χ0n) is 8.60. The van der Waals surface area contributed by atoms with Crippen LogP contribution >= 0.6 is 11.6 Å². The second-order valence-electron chi connectivity index (χ2n) is 3.16. The summed E-state index contributed by atoms with van der Waals surface area (Å²) >= 11 is 5.31. The number of ketones is 1. The van der Waals surface area contributed by atoms with Gasteiger partial charge in [-0.25, -0.2) is 0 Å². The number of carbonyl (C=O) groups excluding carboxylic acids is 1. The van der Waals surface area contributed by atoms with E-state index in [1.165, 1.54) is 0 Å². The third kappa shape index (κ3) is 2.96. The lowest BCUT2D eigenvalue weighted by Crippen LogP contribution is -2.23. The molecule has 0 atom stereocenters. The van der Waals surface area contributed by atoms with Crippen LogP contribution in [0.3, 0.4) is 0 Å². The van der Waals surface area contributed by atoms with Crippen molar-refractivity contribution in [3.63, 3.8) is 0 Å². The largest absolute Gasteiger partial charge is 0.455 e. The Bertz CT molecular complexity index is 586. The zero-order chi connectivity index (χ0) is 15.0. The highest BCUT2D eigenvalue weighted by Gasteiger charge is 2.43. The second kappa shape index (κ2) is 4.80. The van der Waals surface area contributed by atoms with Crippen LogP contribution in [0.15, 0.2) is 12.1 Å². The van der Waals surface area contributed by atoms with Crippen LogP contribution in [0.4, 0.5) is 24.5 Å². The van der Waals surface area contributed by atoms with Crippen LogP contribution in [0.25, 0.3) is 0 Å². The molecule has 1 aromatic rings. The topological polar surface area (TPSA) is 103 Å². The molecule has 1 aromatic carbocycles. The van der Waals surface area contributed by atoms with Crippen LogP contribution in [-0.2, 0) is 0 Å². The van der Waals surface area contributed by atoms with Crippen molar-refractivity contribution in [2.24, 2.45) is 0 Å². The molecule has 0 heterocycles. The smallest absolute Gasteiger partial charge is 0.284 e. The molecule has 0 radical (unpaired) electrons. The lowest BCUT2D eigenvalue weighted by molar-refractivity contribution is -0.394. The highest BCUT2D eigenvalue weighted by Crippen LogP contribution is 2.35. The molecule has 0 bridgehead atoms. The molecule has 19 heavy (non-hydrogen) atoms. The van der Waals surface area contributed by atoms with E-state index in [0.717, 1.165) is 0 Å². The fourth-order valence-corrected chi connectivity index (χ4v) is 1.41. The van der Waals surface area contributed by atoms with Crippen molar-refractivity contribution in [1.82, 2.24) is 0 Å². The summed E-state index contributed by atoms with van der Waals surface area (Å²) in [5.41, 5.74) is -3.65. The standard InChI is InChI=1S/C8H2ClF3N2O5/c9-4-1-3(7(15)8(10,11)12)5(13(16)17)2-6(4)14(18)19/h1-2H. The van der Waals surface area contributed by atoms with Gasteiger partial charge in [0.05, 0.1) is 15.9 Å². The van der Waals surface area contributed by atoms with Gasteiger partial charge in [0.1, 0.15) is 10.6 Å². The van der Waals surface area contributed by atoms with Crippen molar-refractivity contribution in [3.05, 3.63) is 42.9 Å². The molecule has 7 nitrogen and oxygen atoms in total. The van der Waals surface area contributed by atoms with Crippen molar-refractivity contribution < 1.29 is 27.8 Å². The Morgan fingerprint density at radius 2 is 1.58 bits per heavy atom. The fourth-order valence-electron chi connectivity index (χ4n) is 1.18. The van der Waals surface area contributed by atoms with E-state index in [1.54, 1.807) is 0 Å². The zero-order valence-corrected chi connectivity index (χ0v) is 9.36. The van der Waals surface area contributed by atoms with E-state index < -0.39 is 43.8 Å². The highest BCUT2D eigenvalue weighted by atomic mass is 35.5. The van der Waals surface area contributed by atoms with Crippen LogP contribution < -0.4 is 0 Å². The molecular formula is C8H2ClF3N2O5. The monoisotopic (exact) mass is 298 g/mol. The summed E-state index contributed by atoms with van der Waals surface area (Å²) in [6.07, 6.45) is -5.36. The first-order valence-electron chi connectivity index (χ1n) is 4.29. The maximum absolute atomic E-state index is 12.2. The number of nitrogens with zero attached hydrogens (tertiary/aromatic N) is 2. The molecule has 0 saturated carbocycles. The summed E-state index contributed by atoms with van der Waals surface area (Å²) in [6, 6.07) is 0.467. The SMILES string of the molecule is O=C(c1cc(Cl)c([N+](=O)[O-])cc1[N+](=O)[O-])C(F)(F)F. The first-order valence-corrected chi connectivity index (χ1v) is 4.67. The molecule has 0 saturated heterocycles. The van der Waals surface area contributed by atoms with Crippen LogP contribution in [0, 0.1) is 20.2 Å². The highest BCUT2D eigenvalue weighted by molar-refractivity contribution is 6.33. The first kappa shape index (κ1) is 14.8. The van der Waals surface area contributed by atoms with Crippen molar-refractivity contribution in [3.8, 4) is 0 Å².